The Morgan fingerprint density at radius 3 is 2.68 bits per heavy atom. The van der Waals surface area contributed by atoms with Gasteiger partial charge in [0.1, 0.15) is 17.2 Å². The molecule has 168 valence electrons. The maximum absolute atomic E-state index is 12.3. The highest BCUT2D eigenvalue weighted by Gasteiger charge is 2.35. The molecule has 11 heteroatoms. The van der Waals surface area contributed by atoms with Crippen molar-refractivity contribution < 1.29 is 19.1 Å². The Hall–Kier alpha value is -3.37. The van der Waals surface area contributed by atoms with E-state index in [2.05, 4.69) is 30.8 Å². The quantitative estimate of drug-likeness (QED) is 0.609. The van der Waals surface area contributed by atoms with Crippen molar-refractivity contribution in [3.05, 3.63) is 24.0 Å². The van der Waals surface area contributed by atoms with Gasteiger partial charge in [0.25, 0.3) is 0 Å². The number of hydrogen-bond acceptors (Lipinski definition) is 9. The van der Waals surface area contributed by atoms with E-state index in [4.69, 9.17) is 9.47 Å². The molecule has 0 saturated carbocycles. The van der Waals surface area contributed by atoms with Crippen molar-refractivity contribution in [2.45, 2.75) is 45.8 Å². The molecule has 1 amide bonds. The van der Waals surface area contributed by atoms with Crippen LogP contribution >= 0.6 is 0 Å². The fourth-order valence-corrected chi connectivity index (χ4v) is 3.40. The maximum atomic E-state index is 12.3. The van der Waals surface area contributed by atoms with Crippen LogP contribution in [0.1, 0.15) is 32.9 Å². The zero-order valence-electron chi connectivity index (χ0n) is 18.4. The molecule has 1 saturated heterocycles. The smallest absolute Gasteiger partial charge is 0.407 e. The molecule has 3 rings (SSSR count). The van der Waals surface area contributed by atoms with E-state index in [1.54, 1.807) is 33.0 Å². The van der Waals surface area contributed by atoms with Gasteiger partial charge in [-0.25, -0.2) is 9.78 Å². The summed E-state index contributed by atoms with van der Waals surface area (Å²) in [6.45, 7) is 8.07. The summed E-state index contributed by atoms with van der Waals surface area (Å²) in [5.74, 6) is 0.950. The van der Waals surface area contributed by atoms with E-state index < -0.39 is 17.6 Å². The van der Waals surface area contributed by atoms with Crippen molar-refractivity contribution in [1.82, 2.24) is 25.5 Å². The molecule has 2 atom stereocenters. The first-order chi connectivity index (χ1) is 14.6. The Morgan fingerprint density at radius 2 is 2.03 bits per heavy atom. The van der Waals surface area contributed by atoms with Crippen molar-refractivity contribution in [1.29, 1.82) is 0 Å². The van der Waals surface area contributed by atoms with Crippen molar-refractivity contribution in [3.8, 4) is 0 Å². The first-order valence-corrected chi connectivity index (χ1v) is 10.1. The summed E-state index contributed by atoms with van der Waals surface area (Å²) < 4.78 is 10.3. The van der Waals surface area contributed by atoms with Crippen LogP contribution in [0.4, 0.5) is 22.4 Å². The molecule has 1 aliphatic heterocycles. The zero-order valence-corrected chi connectivity index (χ0v) is 18.4. The second-order valence-electron chi connectivity index (χ2n) is 8.49. The number of amides is 1. The third-order valence-corrected chi connectivity index (χ3v) is 4.59. The molecule has 0 aliphatic carbocycles. The summed E-state index contributed by atoms with van der Waals surface area (Å²) in [7, 11) is 1.35. The van der Waals surface area contributed by atoms with Crippen LogP contribution in [0.3, 0.4) is 0 Å². The molecule has 0 bridgehead atoms. The average Bonchev–Trinajstić information content (AvgIpc) is 3.18. The van der Waals surface area contributed by atoms with E-state index >= 15 is 0 Å². The average molecular weight is 431 g/mol. The van der Waals surface area contributed by atoms with Gasteiger partial charge < -0.3 is 25.0 Å². The maximum Gasteiger partial charge on any atom is 0.407 e. The Bertz CT molecular complexity index is 911. The Morgan fingerprint density at radius 1 is 1.26 bits per heavy atom. The van der Waals surface area contributed by atoms with E-state index in [-0.39, 0.29) is 12.0 Å². The zero-order chi connectivity index (χ0) is 22.6. The number of methoxy groups -OCH3 is 1. The molecule has 0 unspecified atom stereocenters. The van der Waals surface area contributed by atoms with Gasteiger partial charge in [-0.05, 0) is 34.1 Å². The van der Waals surface area contributed by atoms with E-state index in [9.17, 15) is 9.59 Å². The van der Waals surface area contributed by atoms with Gasteiger partial charge in [0.05, 0.1) is 25.3 Å². The number of carbonyl (C=O) groups excluding carboxylic acids is 2. The van der Waals surface area contributed by atoms with Gasteiger partial charge in [0, 0.05) is 30.9 Å². The lowest BCUT2D eigenvalue weighted by atomic mass is 9.94. The van der Waals surface area contributed by atoms with Gasteiger partial charge in [-0.3, -0.25) is 9.89 Å². The topological polar surface area (TPSA) is 134 Å². The van der Waals surface area contributed by atoms with Gasteiger partial charge in [-0.2, -0.15) is 10.1 Å². The predicted octanol–water partition coefficient (Wildman–Crippen LogP) is 2.14. The number of H-pyrrole nitrogens is 1. The summed E-state index contributed by atoms with van der Waals surface area (Å²) in [5.41, 5.74) is 0.136. The third kappa shape index (κ3) is 6.30. The number of aromatic nitrogens is 4. The SMILES string of the molecule is COC(=O)[C@H]1C[C@H](NC(=O)OC(C)(C)C)CN(c2nc(C)cc(Nc3ccn[nH]3)n2)C1. The van der Waals surface area contributed by atoms with Crippen LogP contribution in [-0.4, -0.2) is 64.1 Å². The van der Waals surface area contributed by atoms with Gasteiger partial charge in [0.2, 0.25) is 5.95 Å². The minimum atomic E-state index is -0.618. The highest BCUT2D eigenvalue weighted by Crippen LogP contribution is 2.24. The van der Waals surface area contributed by atoms with Crippen LogP contribution in [-0.2, 0) is 14.3 Å². The lowest BCUT2D eigenvalue weighted by molar-refractivity contribution is -0.146. The lowest BCUT2D eigenvalue weighted by Crippen LogP contribution is -2.53. The number of ether oxygens (including phenoxy) is 2. The first kappa shape index (κ1) is 22.3. The number of nitrogens with zero attached hydrogens (tertiary/aromatic N) is 4. The standard InChI is InChI=1S/C20H29N7O4/c1-12-8-16(24-15-6-7-21-26-15)25-18(22-12)27-10-13(17(28)30-5)9-14(11-27)23-19(29)31-20(2,3)4/h6-8,13-14H,9-11H2,1-5H3,(H,23,29)(H2,21,22,24,25,26)/t13-,14-/m0/s1. The van der Waals surface area contributed by atoms with Crippen LogP contribution < -0.4 is 15.5 Å². The number of nitrogens with one attached hydrogen (secondary N) is 3. The van der Waals surface area contributed by atoms with Gasteiger partial charge in [-0.1, -0.05) is 0 Å². The highest BCUT2D eigenvalue weighted by atomic mass is 16.6. The Kier molecular flexibility index (Phi) is 6.62. The van der Waals surface area contributed by atoms with Gasteiger partial charge in [0.15, 0.2) is 0 Å². The summed E-state index contributed by atoms with van der Waals surface area (Å²) in [4.78, 5) is 35.6. The molecule has 0 aromatic carbocycles. The summed E-state index contributed by atoms with van der Waals surface area (Å²) in [5, 5.41) is 12.7. The fourth-order valence-electron chi connectivity index (χ4n) is 3.40. The van der Waals surface area contributed by atoms with Crippen molar-refractivity contribution in [3.63, 3.8) is 0 Å². The third-order valence-electron chi connectivity index (χ3n) is 4.59. The number of aromatic amines is 1. The van der Waals surface area contributed by atoms with E-state index in [1.807, 2.05) is 17.9 Å². The molecular weight excluding hydrogens is 402 g/mol. The second-order valence-corrected chi connectivity index (χ2v) is 8.49. The number of esters is 1. The van der Waals surface area contributed by atoms with Crippen LogP contribution in [0.2, 0.25) is 0 Å². The van der Waals surface area contributed by atoms with Crippen molar-refractivity contribution in [2.24, 2.45) is 5.92 Å². The van der Waals surface area contributed by atoms with Crippen molar-refractivity contribution in [2.75, 3.05) is 30.4 Å². The summed E-state index contributed by atoms with van der Waals surface area (Å²) >= 11 is 0. The second kappa shape index (κ2) is 9.19. The minimum absolute atomic E-state index is 0.333. The molecule has 0 spiro atoms. The largest absolute Gasteiger partial charge is 0.469 e. The summed E-state index contributed by atoms with van der Waals surface area (Å²) in [6.07, 6.45) is 1.54. The molecule has 1 aliphatic rings. The molecule has 11 nitrogen and oxygen atoms in total. The Balaban J connectivity index is 1.80. The number of rotatable bonds is 5. The number of anilines is 3. The van der Waals surface area contributed by atoms with Gasteiger partial charge >= 0.3 is 12.1 Å². The lowest BCUT2D eigenvalue weighted by Gasteiger charge is -2.37. The molecular formula is C20H29N7O4. The molecule has 3 N–H and O–H groups in total. The van der Waals surface area contributed by atoms with Crippen LogP contribution in [0, 0.1) is 12.8 Å². The van der Waals surface area contributed by atoms with Crippen LogP contribution in [0.25, 0.3) is 0 Å². The normalized spacial score (nSPS) is 18.9. The fraction of sp³-hybridized carbons (Fsp3) is 0.550. The number of aryl methyl sites for hydroxylation is 1. The predicted molar refractivity (Wildman–Crippen MR) is 114 cm³/mol. The molecule has 31 heavy (non-hydrogen) atoms. The molecule has 2 aromatic heterocycles. The number of alkyl carbamates (subject to hydrolysis) is 1. The molecule has 1 fully saturated rings. The number of piperidine rings is 1. The number of hydrogen-bond donors (Lipinski definition) is 3. The van der Waals surface area contributed by atoms with Crippen LogP contribution in [0.5, 0.6) is 0 Å². The molecule has 0 radical (unpaired) electrons. The molecule has 3 heterocycles. The van der Waals surface area contributed by atoms with E-state index in [1.165, 1.54) is 7.11 Å². The van der Waals surface area contributed by atoms with Crippen LogP contribution in [0.15, 0.2) is 18.3 Å². The van der Waals surface area contributed by atoms with Crippen molar-refractivity contribution >= 4 is 29.6 Å². The highest BCUT2D eigenvalue weighted by molar-refractivity contribution is 5.74. The van der Waals surface area contributed by atoms with E-state index in [0.29, 0.717) is 37.1 Å². The molecule has 2 aromatic rings. The van der Waals surface area contributed by atoms with Gasteiger partial charge in [-0.15, -0.1) is 0 Å². The first-order valence-electron chi connectivity index (χ1n) is 10.1. The minimum Gasteiger partial charge on any atom is -0.469 e. The number of carbonyl (C=O) groups is 2. The Labute approximate surface area is 180 Å². The monoisotopic (exact) mass is 431 g/mol. The van der Waals surface area contributed by atoms with E-state index in [0.717, 1.165) is 5.69 Å². The summed E-state index contributed by atoms with van der Waals surface area (Å²) in [6, 6.07) is 3.26.